The van der Waals surface area contributed by atoms with E-state index in [9.17, 15) is 4.79 Å². The Hall–Kier alpha value is -1.35. The van der Waals surface area contributed by atoms with Gasteiger partial charge in [0.2, 0.25) is 5.91 Å². The molecule has 16 heavy (non-hydrogen) atoms. The third-order valence-electron chi connectivity index (χ3n) is 2.91. The Morgan fingerprint density at radius 1 is 1.19 bits per heavy atom. The zero-order chi connectivity index (χ0) is 11.4. The second-order valence-corrected chi connectivity index (χ2v) is 4.26. The van der Waals surface area contributed by atoms with Crippen LogP contribution < -0.4 is 10.2 Å². The summed E-state index contributed by atoms with van der Waals surface area (Å²) in [5.41, 5.74) is 2.24. The topological polar surface area (TPSA) is 32.3 Å². The quantitative estimate of drug-likeness (QED) is 0.778. The van der Waals surface area contributed by atoms with Gasteiger partial charge in [-0.25, -0.2) is 0 Å². The highest BCUT2D eigenvalue weighted by atomic mass is 16.2. The van der Waals surface area contributed by atoms with Crippen LogP contribution in [0, 0.1) is 6.92 Å². The van der Waals surface area contributed by atoms with E-state index >= 15 is 0 Å². The summed E-state index contributed by atoms with van der Waals surface area (Å²) < 4.78 is 0. The van der Waals surface area contributed by atoms with Crippen LogP contribution in [0.2, 0.25) is 0 Å². The van der Waals surface area contributed by atoms with Crippen LogP contribution in [0.15, 0.2) is 24.3 Å². The van der Waals surface area contributed by atoms with Gasteiger partial charge in [0.1, 0.15) is 0 Å². The van der Waals surface area contributed by atoms with E-state index in [-0.39, 0.29) is 5.91 Å². The van der Waals surface area contributed by atoms with Crippen molar-refractivity contribution in [2.24, 2.45) is 0 Å². The maximum atomic E-state index is 11.9. The van der Waals surface area contributed by atoms with E-state index in [2.05, 4.69) is 24.4 Å². The largest absolute Gasteiger partial charge is 0.311 e. The van der Waals surface area contributed by atoms with Gasteiger partial charge in [-0.1, -0.05) is 17.7 Å². The van der Waals surface area contributed by atoms with Gasteiger partial charge >= 0.3 is 0 Å². The van der Waals surface area contributed by atoms with Crippen LogP contribution >= 0.6 is 0 Å². The fraction of sp³-hybridized carbons (Fsp3) is 0.462. The van der Waals surface area contributed by atoms with Crippen molar-refractivity contribution in [2.45, 2.75) is 19.8 Å². The molecule has 3 nitrogen and oxygen atoms in total. The van der Waals surface area contributed by atoms with E-state index in [1.807, 2.05) is 17.0 Å². The molecular weight excluding hydrogens is 200 g/mol. The third kappa shape index (κ3) is 2.61. The van der Waals surface area contributed by atoms with E-state index in [1.165, 1.54) is 5.56 Å². The Labute approximate surface area is 96.5 Å². The Bertz CT molecular complexity index is 359. The fourth-order valence-corrected chi connectivity index (χ4v) is 1.93. The molecule has 0 saturated carbocycles. The van der Waals surface area contributed by atoms with Crippen molar-refractivity contribution in [1.82, 2.24) is 5.32 Å². The zero-order valence-corrected chi connectivity index (χ0v) is 9.70. The van der Waals surface area contributed by atoms with Crippen LogP contribution in [0.25, 0.3) is 0 Å². The predicted molar refractivity (Wildman–Crippen MR) is 65.6 cm³/mol. The van der Waals surface area contributed by atoms with Gasteiger partial charge in [-0.05, 0) is 38.4 Å². The Morgan fingerprint density at radius 2 is 1.94 bits per heavy atom. The minimum Gasteiger partial charge on any atom is -0.311 e. The summed E-state index contributed by atoms with van der Waals surface area (Å²) in [5, 5.41) is 3.16. The minimum atomic E-state index is 0.170. The van der Waals surface area contributed by atoms with Gasteiger partial charge in [-0.2, -0.15) is 0 Å². The molecule has 1 aliphatic heterocycles. The molecule has 0 aliphatic carbocycles. The Balaban J connectivity index is 2.15. The SMILES string of the molecule is Cc1ccc(N2CCCCNCC2=O)cc1. The number of carbonyl (C=O) groups is 1. The van der Waals surface area contributed by atoms with E-state index in [0.29, 0.717) is 6.54 Å². The smallest absolute Gasteiger partial charge is 0.240 e. The van der Waals surface area contributed by atoms with Crippen LogP contribution in [0.5, 0.6) is 0 Å². The third-order valence-corrected chi connectivity index (χ3v) is 2.91. The molecule has 0 unspecified atom stereocenters. The molecule has 1 aliphatic rings. The van der Waals surface area contributed by atoms with Crippen molar-refractivity contribution in [1.29, 1.82) is 0 Å². The number of carbonyl (C=O) groups excluding carboxylic acids is 1. The van der Waals surface area contributed by atoms with Gasteiger partial charge in [-0.15, -0.1) is 0 Å². The number of rotatable bonds is 1. The number of amides is 1. The van der Waals surface area contributed by atoms with Gasteiger partial charge in [0.15, 0.2) is 0 Å². The predicted octanol–water partition coefficient (Wildman–Crippen LogP) is 1.71. The van der Waals surface area contributed by atoms with E-state index in [1.54, 1.807) is 0 Å². The first-order valence-electron chi connectivity index (χ1n) is 5.85. The standard InChI is InChI=1S/C13H18N2O/c1-11-4-6-12(7-5-11)15-9-3-2-8-14-10-13(15)16/h4-7,14H,2-3,8-10H2,1H3. The number of nitrogens with one attached hydrogen (secondary N) is 1. The molecule has 0 atom stereocenters. The van der Waals surface area contributed by atoms with Crippen LogP contribution in [0.1, 0.15) is 18.4 Å². The van der Waals surface area contributed by atoms with Gasteiger partial charge in [0, 0.05) is 12.2 Å². The zero-order valence-electron chi connectivity index (χ0n) is 9.70. The molecule has 1 aromatic rings. The highest BCUT2D eigenvalue weighted by Crippen LogP contribution is 2.16. The average Bonchev–Trinajstić information content (AvgIpc) is 2.26. The normalized spacial score (nSPS) is 18.1. The number of anilines is 1. The van der Waals surface area contributed by atoms with E-state index in [0.717, 1.165) is 31.6 Å². The maximum absolute atomic E-state index is 11.9. The molecule has 1 amide bonds. The van der Waals surface area contributed by atoms with Crippen molar-refractivity contribution < 1.29 is 4.79 Å². The first kappa shape index (κ1) is 11.1. The molecule has 1 aromatic carbocycles. The lowest BCUT2D eigenvalue weighted by atomic mass is 10.2. The second kappa shape index (κ2) is 5.12. The monoisotopic (exact) mass is 218 g/mol. The molecule has 1 heterocycles. The van der Waals surface area contributed by atoms with Crippen molar-refractivity contribution in [2.75, 3.05) is 24.5 Å². The number of aryl methyl sites for hydroxylation is 1. The summed E-state index contributed by atoms with van der Waals surface area (Å²) in [6, 6.07) is 8.15. The molecule has 2 rings (SSSR count). The number of benzene rings is 1. The van der Waals surface area contributed by atoms with Gasteiger partial charge in [-0.3, -0.25) is 4.79 Å². The second-order valence-electron chi connectivity index (χ2n) is 4.26. The first-order valence-corrected chi connectivity index (χ1v) is 5.85. The molecule has 0 spiro atoms. The molecular formula is C13H18N2O. The van der Waals surface area contributed by atoms with E-state index in [4.69, 9.17) is 0 Å². The highest BCUT2D eigenvalue weighted by molar-refractivity contribution is 5.94. The Morgan fingerprint density at radius 3 is 2.69 bits per heavy atom. The molecule has 0 radical (unpaired) electrons. The molecule has 0 aromatic heterocycles. The molecule has 1 saturated heterocycles. The van der Waals surface area contributed by atoms with Gasteiger partial charge < -0.3 is 10.2 Å². The van der Waals surface area contributed by atoms with E-state index < -0.39 is 0 Å². The van der Waals surface area contributed by atoms with Crippen molar-refractivity contribution in [3.8, 4) is 0 Å². The Kier molecular flexibility index (Phi) is 3.57. The summed E-state index contributed by atoms with van der Waals surface area (Å²) in [7, 11) is 0. The van der Waals surface area contributed by atoms with Crippen LogP contribution in [0.3, 0.4) is 0 Å². The lowest BCUT2D eigenvalue weighted by molar-refractivity contribution is -0.118. The average molecular weight is 218 g/mol. The summed E-state index contributed by atoms with van der Waals surface area (Å²) in [4.78, 5) is 13.8. The van der Waals surface area contributed by atoms with Crippen molar-refractivity contribution >= 4 is 11.6 Å². The fourth-order valence-electron chi connectivity index (χ4n) is 1.93. The summed E-state index contributed by atoms with van der Waals surface area (Å²) in [6.45, 7) is 4.30. The van der Waals surface area contributed by atoms with Crippen LogP contribution in [0.4, 0.5) is 5.69 Å². The highest BCUT2D eigenvalue weighted by Gasteiger charge is 2.16. The van der Waals surface area contributed by atoms with Crippen LogP contribution in [-0.4, -0.2) is 25.5 Å². The lowest BCUT2D eigenvalue weighted by Gasteiger charge is -2.25. The molecule has 1 N–H and O–H groups in total. The molecule has 1 fully saturated rings. The van der Waals surface area contributed by atoms with Crippen molar-refractivity contribution in [3.63, 3.8) is 0 Å². The summed E-state index contributed by atoms with van der Waals surface area (Å²) >= 11 is 0. The molecule has 86 valence electrons. The molecule has 3 heteroatoms. The number of hydrogen-bond acceptors (Lipinski definition) is 2. The number of hydrogen-bond donors (Lipinski definition) is 1. The summed E-state index contributed by atoms with van der Waals surface area (Å²) in [6.07, 6.45) is 2.20. The van der Waals surface area contributed by atoms with Gasteiger partial charge in [0.25, 0.3) is 0 Å². The van der Waals surface area contributed by atoms with Gasteiger partial charge in [0.05, 0.1) is 6.54 Å². The summed E-state index contributed by atoms with van der Waals surface area (Å²) in [5.74, 6) is 0.170. The maximum Gasteiger partial charge on any atom is 0.240 e. The van der Waals surface area contributed by atoms with Crippen molar-refractivity contribution in [3.05, 3.63) is 29.8 Å². The lowest BCUT2D eigenvalue weighted by Crippen LogP contribution is -2.41. The molecule has 0 bridgehead atoms. The number of nitrogens with zero attached hydrogens (tertiary/aromatic N) is 1. The first-order chi connectivity index (χ1) is 7.77. The van der Waals surface area contributed by atoms with Crippen LogP contribution in [-0.2, 0) is 4.79 Å². The minimum absolute atomic E-state index is 0.170.